The average molecular weight is 472 g/mol. The lowest BCUT2D eigenvalue weighted by Gasteiger charge is -2.45. The second-order valence-corrected chi connectivity index (χ2v) is 9.42. The first kappa shape index (κ1) is 23.0. The minimum Gasteiger partial charge on any atom is -0.480 e. The van der Waals surface area contributed by atoms with Crippen molar-refractivity contribution >= 4 is 22.5 Å². The number of benzene rings is 1. The van der Waals surface area contributed by atoms with Crippen molar-refractivity contribution in [1.29, 1.82) is 0 Å². The summed E-state index contributed by atoms with van der Waals surface area (Å²) < 4.78 is 6.02. The highest BCUT2D eigenvalue weighted by Gasteiger charge is 2.49. The fraction of sp³-hybridized carbons (Fsp3) is 0.357. The van der Waals surface area contributed by atoms with Gasteiger partial charge in [-0.1, -0.05) is 38.3 Å². The Hall–Kier alpha value is -3.74. The highest BCUT2D eigenvalue weighted by molar-refractivity contribution is 6.05. The summed E-state index contributed by atoms with van der Waals surface area (Å²) in [6.45, 7) is 1.98. The van der Waals surface area contributed by atoms with Gasteiger partial charge in [-0.2, -0.15) is 0 Å². The van der Waals surface area contributed by atoms with Gasteiger partial charge in [-0.15, -0.1) is 0 Å². The Balaban J connectivity index is 1.35. The van der Waals surface area contributed by atoms with Crippen LogP contribution < -0.4 is 10.1 Å². The van der Waals surface area contributed by atoms with E-state index in [0.717, 1.165) is 54.1 Å². The van der Waals surface area contributed by atoms with Crippen LogP contribution in [0.1, 0.15) is 56.9 Å². The predicted molar refractivity (Wildman–Crippen MR) is 132 cm³/mol. The van der Waals surface area contributed by atoms with Crippen LogP contribution in [-0.2, 0) is 9.59 Å². The summed E-state index contributed by atoms with van der Waals surface area (Å²) in [6, 6.07) is 10.5. The van der Waals surface area contributed by atoms with E-state index < -0.39 is 17.4 Å². The van der Waals surface area contributed by atoms with E-state index in [2.05, 4.69) is 15.3 Å². The molecule has 5 rings (SSSR count). The summed E-state index contributed by atoms with van der Waals surface area (Å²) in [5.74, 6) is 0.0331. The van der Waals surface area contributed by atoms with Crippen LogP contribution in [0.2, 0.25) is 0 Å². The van der Waals surface area contributed by atoms with Crippen LogP contribution in [0.4, 0.5) is 0 Å². The molecule has 0 bridgehead atoms. The Morgan fingerprint density at radius 2 is 1.86 bits per heavy atom. The molecule has 1 aromatic carbocycles. The van der Waals surface area contributed by atoms with Crippen LogP contribution in [0, 0.1) is 5.41 Å². The minimum absolute atomic E-state index is 0.135. The maximum absolute atomic E-state index is 12.5. The number of carboxylic acid groups (broad SMARTS) is 1. The molecule has 1 unspecified atom stereocenters. The first-order valence-corrected chi connectivity index (χ1v) is 12.2. The largest absolute Gasteiger partial charge is 0.480 e. The lowest BCUT2D eigenvalue weighted by atomic mass is 9.62. The van der Waals surface area contributed by atoms with Gasteiger partial charge >= 0.3 is 5.97 Å². The van der Waals surface area contributed by atoms with Gasteiger partial charge in [-0.05, 0) is 54.5 Å². The molecule has 0 aliphatic heterocycles. The second kappa shape index (κ2) is 9.49. The maximum atomic E-state index is 12.5. The quantitative estimate of drug-likeness (QED) is 0.455. The van der Waals surface area contributed by atoms with Crippen LogP contribution in [0.3, 0.4) is 0 Å². The Labute approximate surface area is 204 Å². The molecule has 2 aliphatic rings. The van der Waals surface area contributed by atoms with Gasteiger partial charge < -0.3 is 15.2 Å². The molecule has 180 valence electrons. The maximum Gasteiger partial charge on any atom is 0.326 e. The van der Waals surface area contributed by atoms with Gasteiger partial charge in [0.25, 0.3) is 0 Å². The summed E-state index contributed by atoms with van der Waals surface area (Å²) in [7, 11) is 0. The Kier molecular flexibility index (Phi) is 6.24. The topological polar surface area (TPSA) is 101 Å². The number of nitrogens with zero attached hydrogens (tertiary/aromatic N) is 2. The molecule has 1 fully saturated rings. The van der Waals surface area contributed by atoms with Gasteiger partial charge in [0.15, 0.2) is 5.78 Å². The predicted octanol–water partition coefficient (Wildman–Crippen LogP) is 5.38. The molecule has 7 nitrogen and oxygen atoms in total. The first-order chi connectivity index (χ1) is 17.0. The van der Waals surface area contributed by atoms with Crippen LogP contribution in [-0.4, -0.2) is 32.9 Å². The molecule has 2 atom stereocenters. The number of nitrogens with one attached hydrogen (secondary N) is 1. The van der Waals surface area contributed by atoms with Crippen LogP contribution in [0.5, 0.6) is 11.6 Å². The normalized spacial score (nSPS) is 18.4. The molecule has 1 spiro atoms. The van der Waals surface area contributed by atoms with Crippen molar-refractivity contribution in [2.45, 2.75) is 57.4 Å². The Bertz CT molecular complexity index is 1270. The number of fused-ring (bicyclic) bond motifs is 1. The van der Waals surface area contributed by atoms with E-state index in [1.165, 1.54) is 0 Å². The number of carbonyl (C=O) groups is 2. The monoisotopic (exact) mass is 471 g/mol. The first-order valence-electron chi connectivity index (χ1n) is 12.2. The van der Waals surface area contributed by atoms with Crippen LogP contribution in [0.25, 0.3) is 10.8 Å². The van der Waals surface area contributed by atoms with E-state index in [-0.39, 0.29) is 11.7 Å². The van der Waals surface area contributed by atoms with Crippen molar-refractivity contribution in [3.8, 4) is 11.6 Å². The molecular formula is C28H29N3O4. The number of rotatable bonds is 8. The van der Waals surface area contributed by atoms with Gasteiger partial charge in [0.1, 0.15) is 11.8 Å². The van der Waals surface area contributed by atoms with Crippen molar-refractivity contribution in [2.75, 3.05) is 0 Å². The molecular weight excluding hydrogens is 442 g/mol. The third-order valence-corrected chi connectivity index (χ3v) is 7.44. The lowest BCUT2D eigenvalue weighted by molar-refractivity contribution is -0.140. The Morgan fingerprint density at radius 3 is 2.54 bits per heavy atom. The summed E-state index contributed by atoms with van der Waals surface area (Å²) in [6.07, 6.45) is 12.1. The third-order valence-electron chi connectivity index (χ3n) is 7.44. The zero-order valence-corrected chi connectivity index (χ0v) is 19.7. The fourth-order valence-corrected chi connectivity index (χ4v) is 5.44. The molecule has 2 aromatic heterocycles. The van der Waals surface area contributed by atoms with Gasteiger partial charge in [0.2, 0.25) is 5.88 Å². The number of hydrogen-bond acceptors (Lipinski definition) is 6. The fourth-order valence-electron chi connectivity index (χ4n) is 5.44. The van der Waals surface area contributed by atoms with Crippen molar-refractivity contribution in [3.63, 3.8) is 0 Å². The standard InChI is InChI=1S/C28H29N3O4/c1-2-21(25(27(33)34)31-23-16-24(32)28(23)12-4-3-5-13-28)18-6-8-20(9-7-18)35-26-22-17-29-14-10-19(22)11-15-30-26/h6-11,14-17,21,25,31H,2-5,12-13H2,1H3,(H,33,34)/t21?,25-/m0/s1. The summed E-state index contributed by atoms with van der Waals surface area (Å²) >= 11 is 0. The highest BCUT2D eigenvalue weighted by atomic mass is 16.5. The zero-order valence-electron chi connectivity index (χ0n) is 19.7. The highest BCUT2D eigenvalue weighted by Crippen LogP contribution is 2.48. The molecule has 2 aliphatic carbocycles. The average Bonchev–Trinajstić information content (AvgIpc) is 2.89. The van der Waals surface area contributed by atoms with Crippen molar-refractivity contribution in [2.24, 2.45) is 5.41 Å². The van der Waals surface area contributed by atoms with Crippen LogP contribution in [0.15, 0.2) is 66.8 Å². The molecule has 0 radical (unpaired) electrons. The smallest absolute Gasteiger partial charge is 0.326 e. The number of pyridine rings is 2. The Morgan fingerprint density at radius 1 is 1.11 bits per heavy atom. The zero-order chi connectivity index (χ0) is 24.4. The van der Waals surface area contributed by atoms with Crippen molar-refractivity contribution in [1.82, 2.24) is 15.3 Å². The van der Waals surface area contributed by atoms with Gasteiger partial charge in [-0.3, -0.25) is 9.78 Å². The molecule has 2 N–H and O–H groups in total. The number of aliphatic carboxylic acids is 1. The SMILES string of the molecule is CCC(c1ccc(Oc2nccc3ccncc23)cc1)[C@H](NC1=CC(=O)C12CCCCC2)C(=O)O. The number of ether oxygens (including phenoxy) is 1. The molecule has 35 heavy (non-hydrogen) atoms. The lowest BCUT2D eigenvalue weighted by Crippen LogP contribution is -2.52. The molecule has 0 amide bonds. The van der Waals surface area contributed by atoms with Crippen molar-refractivity contribution in [3.05, 3.63) is 72.3 Å². The van der Waals surface area contributed by atoms with E-state index in [1.54, 1.807) is 24.7 Å². The number of ketones is 1. The van der Waals surface area contributed by atoms with E-state index >= 15 is 0 Å². The minimum atomic E-state index is -0.921. The third kappa shape index (κ3) is 4.27. The molecule has 2 heterocycles. The molecule has 0 saturated heterocycles. The molecule has 3 aromatic rings. The number of aromatic nitrogens is 2. The number of hydrogen-bond donors (Lipinski definition) is 2. The number of allylic oxidation sites excluding steroid dienone is 2. The number of carboxylic acids is 1. The van der Waals surface area contributed by atoms with E-state index in [1.807, 2.05) is 43.3 Å². The van der Waals surface area contributed by atoms with Crippen molar-refractivity contribution < 1.29 is 19.4 Å². The van der Waals surface area contributed by atoms with E-state index in [9.17, 15) is 14.7 Å². The van der Waals surface area contributed by atoms with E-state index in [4.69, 9.17) is 4.74 Å². The number of carbonyl (C=O) groups excluding carboxylic acids is 1. The van der Waals surface area contributed by atoms with Gasteiger partial charge in [0, 0.05) is 36.3 Å². The van der Waals surface area contributed by atoms with Gasteiger partial charge in [-0.25, -0.2) is 9.78 Å². The second-order valence-electron chi connectivity index (χ2n) is 9.42. The van der Waals surface area contributed by atoms with Crippen LogP contribution >= 0.6 is 0 Å². The summed E-state index contributed by atoms with van der Waals surface area (Å²) in [5.41, 5.74) is 1.20. The molecule has 7 heteroatoms. The summed E-state index contributed by atoms with van der Waals surface area (Å²) in [4.78, 5) is 33.3. The summed E-state index contributed by atoms with van der Waals surface area (Å²) in [5, 5.41) is 15.2. The van der Waals surface area contributed by atoms with E-state index in [0.29, 0.717) is 18.1 Å². The molecule has 1 saturated carbocycles. The van der Waals surface area contributed by atoms with Gasteiger partial charge in [0.05, 0.1) is 10.8 Å².